The van der Waals surface area contributed by atoms with Gasteiger partial charge >= 0.3 is 0 Å². The van der Waals surface area contributed by atoms with E-state index in [4.69, 9.17) is 0 Å². The zero-order valence-corrected chi connectivity index (χ0v) is 14.6. The monoisotopic (exact) mass is 338 g/mol. The van der Waals surface area contributed by atoms with Crippen LogP contribution in [0.1, 0.15) is 38.2 Å². The summed E-state index contributed by atoms with van der Waals surface area (Å²) in [5.74, 6) is -0.186. The predicted octanol–water partition coefficient (Wildman–Crippen LogP) is 2.24. The molecule has 0 unspecified atom stereocenters. The van der Waals surface area contributed by atoms with Gasteiger partial charge in [-0.25, -0.2) is 12.7 Å². The molecule has 0 atom stereocenters. The topological polar surface area (TPSA) is 57.7 Å². The molecule has 2 rings (SSSR count). The van der Waals surface area contributed by atoms with Crippen LogP contribution in [0.3, 0.4) is 0 Å². The molecule has 23 heavy (non-hydrogen) atoms. The molecule has 0 radical (unpaired) electrons. The molecule has 0 bridgehead atoms. The maximum Gasteiger partial charge on any atom is 0.223 e. The minimum Gasteiger partial charge on any atom is -0.339 e. The summed E-state index contributed by atoms with van der Waals surface area (Å²) in [6, 6.07) is 9.76. The summed E-state index contributed by atoms with van der Waals surface area (Å²) in [4.78, 5) is 14.1. The highest BCUT2D eigenvalue weighted by atomic mass is 32.2. The third-order valence-corrected chi connectivity index (χ3v) is 6.10. The third-order valence-electron chi connectivity index (χ3n) is 4.23. The number of rotatable bonds is 7. The first kappa shape index (κ1) is 17.9. The molecule has 1 aromatic rings. The van der Waals surface area contributed by atoms with E-state index in [-0.39, 0.29) is 18.1 Å². The summed E-state index contributed by atoms with van der Waals surface area (Å²) in [5, 5.41) is 0. The van der Waals surface area contributed by atoms with Crippen LogP contribution in [-0.4, -0.2) is 48.9 Å². The molecule has 1 amide bonds. The zero-order valence-electron chi connectivity index (χ0n) is 13.8. The average molecular weight is 338 g/mol. The Morgan fingerprint density at radius 2 is 1.78 bits per heavy atom. The number of benzene rings is 1. The lowest BCUT2D eigenvalue weighted by Crippen LogP contribution is -2.39. The van der Waals surface area contributed by atoms with Crippen molar-refractivity contribution in [3.63, 3.8) is 0 Å². The van der Waals surface area contributed by atoms with Crippen molar-refractivity contribution in [2.75, 3.05) is 25.4 Å². The normalized spacial score (nSPS) is 16.2. The Morgan fingerprint density at radius 1 is 1.13 bits per heavy atom. The Morgan fingerprint density at radius 3 is 2.39 bits per heavy atom. The molecular weight excluding hydrogens is 312 g/mol. The van der Waals surface area contributed by atoms with Gasteiger partial charge in [0.1, 0.15) is 0 Å². The van der Waals surface area contributed by atoms with E-state index in [1.807, 2.05) is 37.3 Å². The summed E-state index contributed by atoms with van der Waals surface area (Å²) < 4.78 is 26.2. The first-order chi connectivity index (χ1) is 11.0. The summed E-state index contributed by atoms with van der Waals surface area (Å²) >= 11 is 0. The first-order valence-corrected chi connectivity index (χ1v) is 9.93. The quantitative estimate of drug-likeness (QED) is 0.766. The van der Waals surface area contributed by atoms with Gasteiger partial charge in [-0.2, -0.15) is 0 Å². The van der Waals surface area contributed by atoms with Gasteiger partial charge in [0, 0.05) is 32.6 Å². The third kappa shape index (κ3) is 5.32. The minimum atomic E-state index is -3.31. The number of hydrogen-bond acceptors (Lipinski definition) is 3. The number of carbonyl (C=O) groups excluding carboxylic acids is 1. The average Bonchev–Trinajstić information content (AvgIpc) is 2.59. The van der Waals surface area contributed by atoms with Crippen molar-refractivity contribution < 1.29 is 13.2 Å². The van der Waals surface area contributed by atoms with Crippen LogP contribution in [0.2, 0.25) is 0 Å². The Balaban J connectivity index is 1.89. The maximum absolute atomic E-state index is 12.4. The lowest BCUT2D eigenvalue weighted by atomic mass is 10.2. The van der Waals surface area contributed by atoms with Gasteiger partial charge < -0.3 is 4.90 Å². The van der Waals surface area contributed by atoms with Gasteiger partial charge in [-0.3, -0.25) is 4.79 Å². The van der Waals surface area contributed by atoms with Crippen molar-refractivity contribution in [1.82, 2.24) is 9.21 Å². The Bertz CT molecular complexity index is 596. The summed E-state index contributed by atoms with van der Waals surface area (Å²) in [6.07, 6.45) is 2.98. The molecule has 1 aliphatic heterocycles. The molecular formula is C17H26N2O3S. The van der Waals surface area contributed by atoms with Crippen molar-refractivity contribution in [2.24, 2.45) is 0 Å². The molecule has 0 aromatic heterocycles. The Kier molecular flexibility index (Phi) is 6.59. The number of nitrogens with zero attached hydrogens (tertiary/aromatic N) is 2. The van der Waals surface area contributed by atoms with Gasteiger partial charge in [-0.1, -0.05) is 36.8 Å². The largest absolute Gasteiger partial charge is 0.339 e. The standard InChI is InChI=1S/C17H26N2O3S/c1-2-18(15-16-9-5-3-6-10-16)17(20)11-14-23(21,22)19-12-7-4-8-13-19/h3,5-6,9-10H,2,4,7-8,11-15H2,1H3. The molecule has 0 spiro atoms. The number of piperidine rings is 1. The van der Waals surface area contributed by atoms with E-state index in [0.29, 0.717) is 26.2 Å². The highest BCUT2D eigenvalue weighted by Crippen LogP contribution is 2.15. The van der Waals surface area contributed by atoms with E-state index in [1.54, 1.807) is 4.90 Å². The van der Waals surface area contributed by atoms with E-state index in [9.17, 15) is 13.2 Å². The van der Waals surface area contributed by atoms with E-state index < -0.39 is 10.0 Å². The highest BCUT2D eigenvalue weighted by Gasteiger charge is 2.25. The zero-order chi connectivity index (χ0) is 16.7. The summed E-state index contributed by atoms with van der Waals surface area (Å²) in [6.45, 7) is 4.22. The number of carbonyl (C=O) groups is 1. The van der Waals surface area contributed by atoms with Crippen LogP contribution in [0.15, 0.2) is 30.3 Å². The van der Waals surface area contributed by atoms with Gasteiger partial charge in [-0.05, 0) is 25.3 Å². The molecule has 1 saturated heterocycles. The molecule has 1 heterocycles. The maximum atomic E-state index is 12.4. The van der Waals surface area contributed by atoms with Crippen molar-refractivity contribution in [3.8, 4) is 0 Å². The van der Waals surface area contributed by atoms with E-state index in [1.165, 1.54) is 4.31 Å². The van der Waals surface area contributed by atoms with E-state index in [0.717, 1.165) is 24.8 Å². The predicted molar refractivity (Wildman–Crippen MR) is 91.4 cm³/mol. The second kappa shape index (κ2) is 8.45. The first-order valence-electron chi connectivity index (χ1n) is 8.32. The fourth-order valence-electron chi connectivity index (χ4n) is 2.83. The molecule has 1 aliphatic rings. The molecule has 0 aliphatic carbocycles. The van der Waals surface area contributed by atoms with Gasteiger partial charge in [0.2, 0.25) is 15.9 Å². The number of sulfonamides is 1. The van der Waals surface area contributed by atoms with Crippen LogP contribution >= 0.6 is 0 Å². The second-order valence-electron chi connectivity index (χ2n) is 5.92. The van der Waals surface area contributed by atoms with Crippen molar-refractivity contribution in [3.05, 3.63) is 35.9 Å². The molecule has 128 valence electrons. The molecule has 6 heteroatoms. The van der Waals surface area contributed by atoms with Gasteiger partial charge in [-0.15, -0.1) is 0 Å². The smallest absolute Gasteiger partial charge is 0.223 e. The van der Waals surface area contributed by atoms with Crippen molar-refractivity contribution in [1.29, 1.82) is 0 Å². The SMILES string of the molecule is CCN(Cc1ccccc1)C(=O)CCS(=O)(=O)N1CCCCC1. The van der Waals surface area contributed by atoms with Crippen LogP contribution in [0, 0.1) is 0 Å². The minimum absolute atomic E-state index is 0.0551. The van der Waals surface area contributed by atoms with Gasteiger partial charge in [0.15, 0.2) is 0 Å². The fraction of sp³-hybridized carbons (Fsp3) is 0.588. The lowest BCUT2D eigenvalue weighted by Gasteiger charge is -2.26. The molecule has 1 fully saturated rings. The van der Waals surface area contributed by atoms with Crippen LogP contribution < -0.4 is 0 Å². The number of hydrogen-bond donors (Lipinski definition) is 0. The number of amides is 1. The molecule has 5 nitrogen and oxygen atoms in total. The Labute approximate surface area is 139 Å². The van der Waals surface area contributed by atoms with Crippen LogP contribution in [0.25, 0.3) is 0 Å². The molecule has 0 N–H and O–H groups in total. The summed E-state index contributed by atoms with van der Waals surface area (Å²) in [7, 11) is -3.31. The Hall–Kier alpha value is -1.40. The van der Waals surface area contributed by atoms with Crippen molar-refractivity contribution >= 4 is 15.9 Å². The van der Waals surface area contributed by atoms with Crippen LogP contribution in [0.5, 0.6) is 0 Å². The fourth-order valence-corrected chi connectivity index (χ4v) is 4.33. The van der Waals surface area contributed by atoms with E-state index >= 15 is 0 Å². The second-order valence-corrected chi connectivity index (χ2v) is 8.01. The van der Waals surface area contributed by atoms with E-state index in [2.05, 4.69) is 0 Å². The molecule has 0 saturated carbocycles. The summed E-state index contributed by atoms with van der Waals surface area (Å²) in [5.41, 5.74) is 1.06. The van der Waals surface area contributed by atoms with Crippen LogP contribution in [0.4, 0.5) is 0 Å². The van der Waals surface area contributed by atoms with Gasteiger partial charge in [0.25, 0.3) is 0 Å². The van der Waals surface area contributed by atoms with Crippen molar-refractivity contribution in [2.45, 2.75) is 39.2 Å². The van der Waals surface area contributed by atoms with Crippen LogP contribution in [-0.2, 0) is 21.4 Å². The van der Waals surface area contributed by atoms with Gasteiger partial charge in [0.05, 0.1) is 5.75 Å². The lowest BCUT2D eigenvalue weighted by molar-refractivity contribution is -0.131. The highest BCUT2D eigenvalue weighted by molar-refractivity contribution is 7.89. The molecule has 1 aromatic carbocycles.